The van der Waals surface area contributed by atoms with E-state index < -0.39 is 29.5 Å². The van der Waals surface area contributed by atoms with E-state index in [4.69, 9.17) is 16.2 Å². The van der Waals surface area contributed by atoms with Crippen molar-refractivity contribution in [3.8, 4) is 10.4 Å². The van der Waals surface area contributed by atoms with Gasteiger partial charge in [-0.1, -0.05) is 81.5 Å². The minimum atomic E-state index is -0.891. The number of benzene rings is 2. The van der Waals surface area contributed by atoms with E-state index in [2.05, 4.69) is 15.6 Å². The molecule has 13 heteroatoms. The van der Waals surface area contributed by atoms with E-state index in [9.17, 15) is 24.3 Å². The monoisotopic (exact) mass is 746 g/mol. The number of aliphatic hydroxyl groups is 1. The number of nitrogens with one attached hydrogen (secondary N) is 2. The Kier molecular flexibility index (Phi) is 14.9. The fourth-order valence-electron chi connectivity index (χ4n) is 6.07. The van der Waals surface area contributed by atoms with Gasteiger partial charge in [-0.15, -0.1) is 11.3 Å². The third kappa shape index (κ3) is 12.3. The number of nitrogens with two attached hydrogens (primary N) is 2. The molecule has 0 radical (unpaired) electrons. The van der Waals surface area contributed by atoms with Crippen molar-refractivity contribution >= 4 is 41.0 Å². The van der Waals surface area contributed by atoms with Crippen molar-refractivity contribution in [2.24, 2.45) is 16.9 Å². The van der Waals surface area contributed by atoms with Crippen molar-refractivity contribution in [1.29, 1.82) is 0 Å². The number of nitrogens with zero attached hydrogens (tertiary/aromatic N) is 2. The zero-order chi connectivity index (χ0) is 38.7. The van der Waals surface area contributed by atoms with Crippen molar-refractivity contribution in [3.63, 3.8) is 0 Å². The predicted molar refractivity (Wildman–Crippen MR) is 207 cm³/mol. The van der Waals surface area contributed by atoms with Gasteiger partial charge in [0, 0.05) is 38.4 Å². The minimum Gasteiger partial charge on any atom is -0.391 e. The van der Waals surface area contributed by atoms with Crippen LogP contribution in [0.3, 0.4) is 0 Å². The first-order valence-corrected chi connectivity index (χ1v) is 19.0. The number of aromatic nitrogens is 1. The van der Waals surface area contributed by atoms with Crippen molar-refractivity contribution in [2.75, 3.05) is 6.54 Å². The summed E-state index contributed by atoms with van der Waals surface area (Å²) in [4.78, 5) is 58.2. The smallest absolute Gasteiger partial charge is 0.246 e. The number of hydrogen-bond acceptors (Lipinski definition) is 9. The molecule has 0 saturated carbocycles. The van der Waals surface area contributed by atoms with Gasteiger partial charge in [0.1, 0.15) is 12.1 Å². The minimum absolute atomic E-state index is 0.0133. The molecule has 0 aliphatic carbocycles. The lowest BCUT2D eigenvalue weighted by molar-refractivity contribution is -0.144. The van der Waals surface area contributed by atoms with Gasteiger partial charge in [0.2, 0.25) is 23.6 Å². The number of rotatable bonds is 17. The summed E-state index contributed by atoms with van der Waals surface area (Å²) in [6, 6.07) is 13.7. The van der Waals surface area contributed by atoms with Crippen LogP contribution in [-0.2, 0) is 37.1 Å². The molecule has 0 bridgehead atoms. The van der Waals surface area contributed by atoms with E-state index in [1.165, 1.54) is 4.90 Å². The summed E-state index contributed by atoms with van der Waals surface area (Å²) in [6.45, 7) is 10.1. The van der Waals surface area contributed by atoms with Gasteiger partial charge in [0.25, 0.3) is 0 Å². The molecule has 1 saturated heterocycles. The van der Waals surface area contributed by atoms with E-state index in [1.807, 2.05) is 101 Å². The molecule has 5 atom stereocenters. The molecule has 3 aromatic rings. The highest BCUT2D eigenvalue weighted by Crippen LogP contribution is 2.28. The Bertz CT molecular complexity index is 1720. The van der Waals surface area contributed by atoms with Gasteiger partial charge < -0.3 is 36.8 Å². The van der Waals surface area contributed by atoms with Crippen LogP contribution < -0.4 is 22.1 Å². The van der Waals surface area contributed by atoms with Gasteiger partial charge in [-0.2, -0.15) is 0 Å². The molecular weight excluding hydrogens is 693 g/mol. The number of carbonyl (C=O) groups is 4. The van der Waals surface area contributed by atoms with Crippen molar-refractivity contribution < 1.29 is 29.0 Å². The zero-order valence-corrected chi connectivity index (χ0v) is 32.2. The third-order valence-electron chi connectivity index (χ3n) is 9.38. The Labute approximate surface area is 316 Å². The molecule has 1 fully saturated rings. The summed E-state index contributed by atoms with van der Waals surface area (Å²) in [5, 5.41) is 16.4. The average molecular weight is 747 g/mol. The van der Waals surface area contributed by atoms with Crippen LogP contribution in [0.5, 0.6) is 0 Å². The second-order valence-electron chi connectivity index (χ2n) is 14.8. The maximum Gasteiger partial charge on any atom is 0.246 e. The van der Waals surface area contributed by atoms with Crippen molar-refractivity contribution in [2.45, 2.75) is 110 Å². The van der Waals surface area contributed by atoms with Gasteiger partial charge >= 0.3 is 0 Å². The van der Waals surface area contributed by atoms with E-state index in [1.54, 1.807) is 11.3 Å². The number of ether oxygens (including phenoxy) is 1. The van der Waals surface area contributed by atoms with Gasteiger partial charge in [0.05, 0.1) is 34.9 Å². The Morgan fingerprint density at radius 3 is 2.38 bits per heavy atom. The van der Waals surface area contributed by atoms with Crippen molar-refractivity contribution in [1.82, 2.24) is 20.5 Å². The molecule has 4 amide bonds. The Morgan fingerprint density at radius 1 is 1.08 bits per heavy atom. The third-order valence-corrected chi connectivity index (χ3v) is 10.4. The zero-order valence-electron chi connectivity index (χ0n) is 31.3. The molecule has 7 N–H and O–H groups in total. The van der Waals surface area contributed by atoms with Crippen LogP contribution >= 0.6 is 11.3 Å². The summed E-state index contributed by atoms with van der Waals surface area (Å²) < 4.78 is 5.86. The molecule has 286 valence electrons. The van der Waals surface area contributed by atoms with Crippen LogP contribution in [-0.4, -0.2) is 75.5 Å². The van der Waals surface area contributed by atoms with Crippen LogP contribution in [0.15, 0.2) is 60.1 Å². The first kappa shape index (κ1) is 41.3. The first-order chi connectivity index (χ1) is 25.1. The van der Waals surface area contributed by atoms with Crippen LogP contribution in [0.4, 0.5) is 0 Å². The molecule has 1 aliphatic heterocycles. The van der Waals surface area contributed by atoms with E-state index >= 15 is 0 Å². The normalized spacial score (nSPS) is 17.8. The number of primary amides is 1. The quantitative estimate of drug-likeness (QED) is 0.136. The maximum atomic E-state index is 13.9. The molecule has 4 rings (SSSR count). The number of likely N-dealkylation sites (tertiary alicyclic amines) is 1. The van der Waals surface area contributed by atoms with Crippen LogP contribution in [0.2, 0.25) is 0 Å². The molecule has 53 heavy (non-hydrogen) atoms. The fourth-order valence-corrected chi connectivity index (χ4v) is 6.88. The molecule has 1 aromatic heterocycles. The number of carbonyl (C=O) groups excluding carboxylic acids is 4. The molecular formula is C40H54N6O6S. The average Bonchev–Trinajstić information content (AvgIpc) is 3.74. The lowest BCUT2D eigenvalue weighted by atomic mass is 9.85. The molecule has 0 unspecified atom stereocenters. The first-order valence-electron chi connectivity index (χ1n) is 18.1. The molecule has 2 heterocycles. The summed E-state index contributed by atoms with van der Waals surface area (Å²) in [6.07, 6.45) is 4.21. The van der Waals surface area contributed by atoms with Gasteiger partial charge in [-0.05, 0) is 54.4 Å². The van der Waals surface area contributed by atoms with E-state index in [-0.39, 0.29) is 62.2 Å². The number of allylic oxidation sites excluding steroid dienone is 1. The topological polar surface area (TPSA) is 190 Å². The lowest BCUT2D eigenvalue weighted by Crippen LogP contribution is -2.57. The van der Waals surface area contributed by atoms with Crippen LogP contribution in [0.25, 0.3) is 16.5 Å². The number of amides is 4. The SMILES string of the molecule is Cc1ncsc1-c1ccc(CNC(=O)[C@@H]2C[C@@H](O)CN2C(=O)[C@@H](NC(=O)CC/C=C/c2ccc(CO[C@H](C)[C@@H](N)CCC(N)=O)cc2)C(C)(C)C)cc1. The number of β-amino-alcohol motifs (C(OH)–C–C–N with tert-alkyl or cyclic N) is 1. The summed E-state index contributed by atoms with van der Waals surface area (Å²) >= 11 is 1.58. The van der Waals surface area contributed by atoms with Gasteiger partial charge in [0.15, 0.2) is 0 Å². The largest absolute Gasteiger partial charge is 0.391 e. The Morgan fingerprint density at radius 2 is 1.75 bits per heavy atom. The maximum absolute atomic E-state index is 13.9. The van der Waals surface area contributed by atoms with Gasteiger partial charge in [-0.25, -0.2) is 4.98 Å². The fraction of sp³-hybridized carbons (Fsp3) is 0.475. The Balaban J connectivity index is 1.26. The second-order valence-corrected chi connectivity index (χ2v) is 15.7. The highest BCUT2D eigenvalue weighted by molar-refractivity contribution is 7.13. The summed E-state index contributed by atoms with van der Waals surface area (Å²) in [5.74, 6) is -1.41. The van der Waals surface area contributed by atoms with Crippen molar-refractivity contribution in [3.05, 3.63) is 82.5 Å². The summed E-state index contributed by atoms with van der Waals surface area (Å²) in [7, 11) is 0. The molecule has 0 spiro atoms. The van der Waals surface area contributed by atoms with Crippen LogP contribution in [0, 0.1) is 12.3 Å². The summed E-state index contributed by atoms with van der Waals surface area (Å²) in [5.41, 5.74) is 17.3. The molecule has 2 aromatic carbocycles. The Hall–Kier alpha value is -4.43. The molecule has 1 aliphatic rings. The number of hydrogen-bond donors (Lipinski definition) is 5. The molecule has 12 nitrogen and oxygen atoms in total. The standard InChI is InChI=1S/C40H54N6O6S/c1-25-36(53-24-44-25)30-16-14-28(15-17-30)21-43-38(50)33-20-31(47)22-46(33)39(51)37(40(3,4)5)45-35(49)9-7-6-8-27-10-12-29(13-11-27)23-52-26(2)32(41)18-19-34(42)48/h6,8,10-17,24,26,31-33,37,47H,7,9,18-23,41H2,1-5H3,(H2,42,48)(H,43,50)(H,45,49)/b8-6+/t26-,31-,32+,33+,37-/m1/s1. The van der Waals surface area contributed by atoms with Gasteiger partial charge in [-0.3, -0.25) is 19.2 Å². The van der Waals surface area contributed by atoms with E-state index in [0.717, 1.165) is 32.8 Å². The lowest BCUT2D eigenvalue weighted by Gasteiger charge is -2.35. The van der Waals surface area contributed by atoms with Crippen LogP contribution in [0.1, 0.15) is 82.2 Å². The van der Waals surface area contributed by atoms with E-state index in [0.29, 0.717) is 19.4 Å². The predicted octanol–water partition coefficient (Wildman–Crippen LogP) is 4.22. The second kappa shape index (κ2) is 19.1. The highest BCUT2D eigenvalue weighted by Gasteiger charge is 2.44. The number of thiazole rings is 1. The number of aryl methyl sites for hydroxylation is 1. The highest BCUT2D eigenvalue weighted by atomic mass is 32.1. The number of aliphatic hydroxyl groups excluding tert-OH is 1.